The molecule has 0 saturated heterocycles. The summed E-state index contributed by atoms with van der Waals surface area (Å²) in [6, 6.07) is 4.82. The molecule has 0 aliphatic carbocycles. The second kappa shape index (κ2) is 4.82. The standard InChI is InChI=1S/C12H17N3O3S/c1-15(5-6-19(2,17)18)8-3-4-9-10(7-8)14-12(16)11(9)13/h3-4,7,11H,5-6,13H2,1-2H3,(H,14,16). The number of carbonyl (C=O) groups excluding carboxylic acids is 1. The monoisotopic (exact) mass is 283 g/mol. The lowest BCUT2D eigenvalue weighted by molar-refractivity contribution is -0.116. The van der Waals surface area contributed by atoms with Crippen LogP contribution in [0, 0.1) is 0 Å². The highest BCUT2D eigenvalue weighted by Gasteiger charge is 2.27. The summed E-state index contributed by atoms with van der Waals surface area (Å²) in [4.78, 5) is 13.3. The zero-order chi connectivity index (χ0) is 14.2. The molecule has 3 N–H and O–H groups in total. The Morgan fingerprint density at radius 2 is 2.11 bits per heavy atom. The molecule has 1 aliphatic rings. The van der Waals surface area contributed by atoms with Crippen molar-refractivity contribution in [3.8, 4) is 0 Å². The topological polar surface area (TPSA) is 92.5 Å². The number of sulfone groups is 1. The van der Waals surface area contributed by atoms with Gasteiger partial charge in [-0.15, -0.1) is 0 Å². The van der Waals surface area contributed by atoms with Crippen molar-refractivity contribution < 1.29 is 13.2 Å². The Hall–Kier alpha value is -1.60. The first kappa shape index (κ1) is 13.8. The minimum atomic E-state index is -2.99. The molecular formula is C12H17N3O3S. The van der Waals surface area contributed by atoms with E-state index in [1.807, 2.05) is 24.1 Å². The predicted molar refractivity (Wildman–Crippen MR) is 75.0 cm³/mol. The van der Waals surface area contributed by atoms with Crippen LogP contribution < -0.4 is 16.0 Å². The Kier molecular flexibility index (Phi) is 3.51. The molecule has 0 aromatic heterocycles. The van der Waals surface area contributed by atoms with Crippen molar-refractivity contribution in [3.63, 3.8) is 0 Å². The SMILES string of the molecule is CN(CCS(C)(=O)=O)c1ccc2c(c1)NC(=O)C2N. The van der Waals surface area contributed by atoms with E-state index in [4.69, 9.17) is 5.73 Å². The fourth-order valence-corrected chi connectivity index (χ4v) is 2.55. The van der Waals surface area contributed by atoms with Gasteiger partial charge in [-0.3, -0.25) is 4.79 Å². The van der Waals surface area contributed by atoms with Crippen molar-refractivity contribution in [1.82, 2.24) is 0 Å². The van der Waals surface area contributed by atoms with E-state index in [2.05, 4.69) is 5.32 Å². The fourth-order valence-electron chi connectivity index (χ4n) is 1.94. The maximum atomic E-state index is 11.4. The quantitative estimate of drug-likeness (QED) is 0.818. The number of hydrogen-bond acceptors (Lipinski definition) is 5. The maximum Gasteiger partial charge on any atom is 0.245 e. The number of rotatable bonds is 4. The van der Waals surface area contributed by atoms with Crippen molar-refractivity contribution in [2.24, 2.45) is 5.73 Å². The molecular weight excluding hydrogens is 266 g/mol. The first-order valence-electron chi connectivity index (χ1n) is 5.87. The average molecular weight is 283 g/mol. The van der Waals surface area contributed by atoms with Gasteiger partial charge in [-0.25, -0.2) is 8.42 Å². The van der Waals surface area contributed by atoms with Crippen LogP contribution in [0.15, 0.2) is 18.2 Å². The number of nitrogens with two attached hydrogens (primary N) is 1. The van der Waals surface area contributed by atoms with E-state index < -0.39 is 15.9 Å². The Bertz CT molecular complexity index is 613. The Labute approximate surface area is 112 Å². The Morgan fingerprint density at radius 3 is 2.74 bits per heavy atom. The molecule has 0 saturated carbocycles. The van der Waals surface area contributed by atoms with Crippen LogP contribution in [0.25, 0.3) is 0 Å². The van der Waals surface area contributed by atoms with E-state index in [-0.39, 0.29) is 11.7 Å². The lowest BCUT2D eigenvalue weighted by Gasteiger charge is -2.19. The van der Waals surface area contributed by atoms with E-state index >= 15 is 0 Å². The molecule has 7 heteroatoms. The maximum absolute atomic E-state index is 11.4. The Balaban J connectivity index is 2.15. The predicted octanol–water partition coefficient (Wildman–Crippen LogP) is 0.119. The number of amides is 1. The van der Waals surface area contributed by atoms with Gasteiger partial charge in [0.2, 0.25) is 5.91 Å². The summed E-state index contributed by atoms with van der Waals surface area (Å²) in [6.45, 7) is 0.400. The number of anilines is 2. The second-order valence-corrected chi connectivity index (χ2v) is 7.05. The molecule has 104 valence electrons. The van der Waals surface area contributed by atoms with Crippen LogP contribution in [0.4, 0.5) is 11.4 Å². The highest BCUT2D eigenvalue weighted by atomic mass is 32.2. The smallest absolute Gasteiger partial charge is 0.245 e. The molecule has 1 unspecified atom stereocenters. The highest BCUT2D eigenvalue weighted by Crippen LogP contribution is 2.32. The molecule has 19 heavy (non-hydrogen) atoms. The van der Waals surface area contributed by atoms with Crippen molar-refractivity contribution in [2.75, 3.05) is 35.8 Å². The molecule has 1 aliphatic heterocycles. The van der Waals surface area contributed by atoms with Crippen molar-refractivity contribution in [1.29, 1.82) is 0 Å². The van der Waals surface area contributed by atoms with Gasteiger partial charge in [0.15, 0.2) is 0 Å². The highest BCUT2D eigenvalue weighted by molar-refractivity contribution is 7.90. The average Bonchev–Trinajstić information content (AvgIpc) is 2.61. The second-order valence-electron chi connectivity index (χ2n) is 4.79. The summed E-state index contributed by atoms with van der Waals surface area (Å²) in [5.74, 6) is -0.127. The molecule has 1 aromatic rings. The number of nitrogens with zero attached hydrogens (tertiary/aromatic N) is 1. The number of benzene rings is 1. The van der Waals surface area contributed by atoms with Crippen molar-refractivity contribution in [2.45, 2.75) is 6.04 Å². The molecule has 6 nitrogen and oxygen atoms in total. The number of fused-ring (bicyclic) bond motifs is 1. The summed E-state index contributed by atoms with van der Waals surface area (Å²) >= 11 is 0. The van der Waals surface area contributed by atoms with Gasteiger partial charge >= 0.3 is 0 Å². The van der Waals surface area contributed by atoms with Gasteiger partial charge in [-0.05, 0) is 12.1 Å². The zero-order valence-corrected chi connectivity index (χ0v) is 11.7. The molecule has 0 fully saturated rings. The van der Waals surface area contributed by atoms with Crippen LogP contribution in [-0.4, -0.2) is 39.9 Å². The number of carbonyl (C=O) groups is 1. The van der Waals surface area contributed by atoms with Crippen LogP contribution >= 0.6 is 0 Å². The molecule has 0 spiro atoms. The first-order valence-corrected chi connectivity index (χ1v) is 7.93. The number of hydrogen-bond donors (Lipinski definition) is 2. The van der Waals surface area contributed by atoms with Crippen LogP contribution in [-0.2, 0) is 14.6 Å². The molecule has 1 heterocycles. The fraction of sp³-hybridized carbons (Fsp3) is 0.417. The van der Waals surface area contributed by atoms with Gasteiger partial charge in [-0.1, -0.05) is 6.07 Å². The van der Waals surface area contributed by atoms with Crippen LogP contribution in [0.3, 0.4) is 0 Å². The Morgan fingerprint density at radius 1 is 1.42 bits per heavy atom. The largest absolute Gasteiger partial charge is 0.374 e. The zero-order valence-electron chi connectivity index (χ0n) is 10.9. The summed E-state index contributed by atoms with van der Waals surface area (Å²) in [7, 11) is -1.18. The molecule has 1 atom stereocenters. The van der Waals surface area contributed by atoms with Crippen LogP contribution in [0.1, 0.15) is 11.6 Å². The summed E-state index contributed by atoms with van der Waals surface area (Å²) in [6.07, 6.45) is 1.21. The molecule has 1 aromatic carbocycles. The van der Waals surface area contributed by atoms with Crippen LogP contribution in [0.5, 0.6) is 0 Å². The lowest BCUT2D eigenvalue weighted by Crippen LogP contribution is -2.24. The first-order chi connectivity index (χ1) is 8.78. The molecule has 1 amide bonds. The molecule has 0 bridgehead atoms. The molecule has 2 rings (SSSR count). The van der Waals surface area contributed by atoms with Crippen molar-refractivity contribution >= 4 is 27.1 Å². The number of nitrogens with one attached hydrogen (secondary N) is 1. The van der Waals surface area contributed by atoms with E-state index in [1.165, 1.54) is 6.26 Å². The summed E-state index contributed by atoms with van der Waals surface area (Å²) < 4.78 is 22.3. The van der Waals surface area contributed by atoms with Gasteiger partial charge in [0.05, 0.1) is 5.75 Å². The summed E-state index contributed by atoms with van der Waals surface area (Å²) in [5, 5.41) is 2.71. The minimum absolute atomic E-state index is 0.0897. The van der Waals surface area contributed by atoms with Crippen LogP contribution in [0.2, 0.25) is 0 Å². The normalized spacial score (nSPS) is 18.1. The third kappa shape index (κ3) is 3.05. The van der Waals surface area contributed by atoms with E-state index in [0.717, 1.165) is 11.3 Å². The third-order valence-electron chi connectivity index (χ3n) is 3.15. The lowest BCUT2D eigenvalue weighted by atomic mass is 10.1. The van der Waals surface area contributed by atoms with E-state index in [0.29, 0.717) is 12.2 Å². The van der Waals surface area contributed by atoms with E-state index in [9.17, 15) is 13.2 Å². The van der Waals surface area contributed by atoms with Gasteiger partial charge in [0, 0.05) is 36.8 Å². The van der Waals surface area contributed by atoms with E-state index in [1.54, 1.807) is 6.07 Å². The van der Waals surface area contributed by atoms with Gasteiger partial charge < -0.3 is 16.0 Å². The van der Waals surface area contributed by atoms with Gasteiger partial charge in [0.1, 0.15) is 15.9 Å². The van der Waals surface area contributed by atoms with Gasteiger partial charge in [-0.2, -0.15) is 0 Å². The molecule has 0 radical (unpaired) electrons. The summed E-state index contributed by atoms with van der Waals surface area (Å²) in [5.41, 5.74) is 8.04. The third-order valence-corrected chi connectivity index (χ3v) is 4.07. The van der Waals surface area contributed by atoms with Crippen molar-refractivity contribution in [3.05, 3.63) is 23.8 Å². The van der Waals surface area contributed by atoms with Gasteiger partial charge in [0.25, 0.3) is 0 Å². The minimum Gasteiger partial charge on any atom is -0.374 e.